The van der Waals surface area contributed by atoms with Gasteiger partial charge in [-0.25, -0.2) is 0 Å². The van der Waals surface area contributed by atoms with Crippen molar-refractivity contribution >= 4 is 11.7 Å². The summed E-state index contributed by atoms with van der Waals surface area (Å²) < 4.78 is 0. The van der Waals surface area contributed by atoms with Gasteiger partial charge in [-0.05, 0) is 61.7 Å². The van der Waals surface area contributed by atoms with Crippen molar-refractivity contribution in [1.82, 2.24) is 4.90 Å². The predicted molar refractivity (Wildman–Crippen MR) is 85.2 cm³/mol. The molecule has 1 heterocycles. The molecule has 0 radical (unpaired) electrons. The lowest BCUT2D eigenvalue weighted by Crippen LogP contribution is -2.61. The maximum Gasteiger partial charge on any atom is 0.222 e. The number of carbonyl (C=O) groups is 2. The molecular weight excluding hydrogens is 274 g/mol. The Labute approximate surface area is 133 Å². The summed E-state index contributed by atoms with van der Waals surface area (Å²) in [6.07, 6.45) is 8.33. The lowest BCUT2D eigenvalue weighted by atomic mass is 9.47. The van der Waals surface area contributed by atoms with Crippen LogP contribution in [-0.4, -0.2) is 29.7 Å². The Hall–Kier alpha value is -0.860. The molecule has 1 amide bonds. The Kier molecular flexibility index (Phi) is 3.06. The minimum absolute atomic E-state index is 0.0270. The monoisotopic (exact) mass is 303 g/mol. The molecule has 1 aliphatic heterocycles. The zero-order valence-corrected chi connectivity index (χ0v) is 14.2. The highest BCUT2D eigenvalue weighted by molar-refractivity contribution is 5.87. The molecule has 2 unspecified atom stereocenters. The number of Topliss-reactive ketones (excluding diaryl/α,β-unsaturated/α-hetero) is 1. The molecule has 3 aliphatic carbocycles. The van der Waals surface area contributed by atoms with Crippen LogP contribution in [-0.2, 0) is 9.59 Å². The van der Waals surface area contributed by atoms with Gasteiger partial charge < -0.3 is 4.90 Å². The lowest BCUT2D eigenvalue weighted by molar-refractivity contribution is -0.158. The van der Waals surface area contributed by atoms with Crippen molar-refractivity contribution in [2.75, 3.05) is 7.05 Å². The standard InChI is InChI=1S/C19H29NO2/c1-18-11-9-17(22)20(3)15(18)6-4-12-13-5-7-16(21)19(13,2)10-8-14(12)18/h12-15H,4-11H2,1-3H3/t12?,13-,14?,15+,18+,19-/m0/s1. The van der Waals surface area contributed by atoms with Gasteiger partial charge in [0.1, 0.15) is 5.78 Å². The Bertz CT molecular complexity index is 530. The average Bonchev–Trinajstić information content (AvgIpc) is 2.79. The van der Waals surface area contributed by atoms with Crippen molar-refractivity contribution in [3.8, 4) is 0 Å². The van der Waals surface area contributed by atoms with Gasteiger partial charge in [0.15, 0.2) is 0 Å². The molecule has 3 heteroatoms. The summed E-state index contributed by atoms with van der Waals surface area (Å²) in [7, 11) is 2.01. The molecule has 122 valence electrons. The topological polar surface area (TPSA) is 37.4 Å². The van der Waals surface area contributed by atoms with Crippen LogP contribution in [0.3, 0.4) is 0 Å². The molecule has 0 aromatic heterocycles. The third-order valence-electron chi connectivity index (χ3n) is 8.27. The van der Waals surface area contributed by atoms with Gasteiger partial charge in [-0.3, -0.25) is 9.59 Å². The number of ketones is 1. The molecule has 0 aromatic carbocycles. The normalized spacial score (nSPS) is 51.3. The number of hydrogen-bond acceptors (Lipinski definition) is 2. The number of piperidine rings is 1. The molecule has 4 fully saturated rings. The zero-order chi connectivity index (χ0) is 15.7. The summed E-state index contributed by atoms with van der Waals surface area (Å²) in [5, 5.41) is 0. The van der Waals surface area contributed by atoms with E-state index in [4.69, 9.17) is 0 Å². The first-order valence-electron chi connectivity index (χ1n) is 9.17. The van der Waals surface area contributed by atoms with Crippen LogP contribution in [0.15, 0.2) is 0 Å². The highest BCUT2D eigenvalue weighted by atomic mass is 16.2. The Morgan fingerprint density at radius 3 is 2.50 bits per heavy atom. The van der Waals surface area contributed by atoms with Gasteiger partial charge >= 0.3 is 0 Å². The molecule has 4 rings (SSSR count). The van der Waals surface area contributed by atoms with Crippen LogP contribution in [0.25, 0.3) is 0 Å². The van der Waals surface area contributed by atoms with E-state index in [0.29, 0.717) is 41.9 Å². The number of nitrogens with zero attached hydrogens (tertiary/aromatic N) is 1. The molecule has 0 aromatic rings. The smallest absolute Gasteiger partial charge is 0.222 e. The van der Waals surface area contributed by atoms with Crippen molar-refractivity contribution in [2.45, 2.75) is 71.3 Å². The van der Waals surface area contributed by atoms with Gasteiger partial charge in [0, 0.05) is 31.3 Å². The van der Waals surface area contributed by atoms with E-state index < -0.39 is 0 Å². The second-order valence-corrected chi connectivity index (χ2v) is 8.90. The Morgan fingerprint density at radius 2 is 1.73 bits per heavy atom. The summed E-state index contributed by atoms with van der Waals surface area (Å²) in [5.74, 6) is 2.90. The number of hydrogen-bond donors (Lipinski definition) is 0. The molecular formula is C19H29NO2. The lowest BCUT2D eigenvalue weighted by Gasteiger charge is -2.61. The van der Waals surface area contributed by atoms with Crippen molar-refractivity contribution in [3.63, 3.8) is 0 Å². The molecule has 0 spiro atoms. The molecule has 22 heavy (non-hydrogen) atoms. The van der Waals surface area contributed by atoms with E-state index in [-0.39, 0.29) is 10.8 Å². The maximum atomic E-state index is 12.4. The van der Waals surface area contributed by atoms with E-state index in [1.165, 1.54) is 12.8 Å². The average molecular weight is 303 g/mol. The molecule has 3 saturated carbocycles. The number of likely N-dealkylation sites (tertiary alicyclic amines) is 1. The van der Waals surface area contributed by atoms with Crippen molar-refractivity contribution in [1.29, 1.82) is 0 Å². The minimum atomic E-state index is -0.0270. The molecule has 3 nitrogen and oxygen atoms in total. The zero-order valence-electron chi connectivity index (χ0n) is 14.2. The molecule has 4 aliphatic rings. The quantitative estimate of drug-likeness (QED) is 0.687. The highest BCUT2D eigenvalue weighted by Gasteiger charge is 2.61. The second kappa shape index (κ2) is 4.58. The van der Waals surface area contributed by atoms with Gasteiger partial charge in [-0.1, -0.05) is 13.8 Å². The van der Waals surface area contributed by atoms with Crippen LogP contribution in [0.4, 0.5) is 0 Å². The van der Waals surface area contributed by atoms with Crippen molar-refractivity contribution in [3.05, 3.63) is 0 Å². The Morgan fingerprint density at radius 1 is 0.955 bits per heavy atom. The summed E-state index contributed by atoms with van der Waals surface area (Å²) in [4.78, 5) is 26.6. The number of rotatable bonds is 0. The molecule has 6 atom stereocenters. The first-order chi connectivity index (χ1) is 10.4. The molecule has 0 N–H and O–H groups in total. The second-order valence-electron chi connectivity index (χ2n) is 8.90. The van der Waals surface area contributed by atoms with Crippen LogP contribution in [0.1, 0.15) is 65.2 Å². The third-order valence-corrected chi connectivity index (χ3v) is 8.27. The number of carbonyl (C=O) groups excluding carboxylic acids is 2. The van der Waals surface area contributed by atoms with Gasteiger partial charge in [-0.15, -0.1) is 0 Å². The molecule has 1 saturated heterocycles. The summed E-state index contributed by atoms with van der Waals surface area (Å²) in [6.45, 7) is 4.69. The summed E-state index contributed by atoms with van der Waals surface area (Å²) >= 11 is 0. The minimum Gasteiger partial charge on any atom is -0.342 e. The first kappa shape index (κ1) is 14.7. The van der Waals surface area contributed by atoms with Gasteiger partial charge in [0.25, 0.3) is 0 Å². The predicted octanol–water partition coefficient (Wildman–Crippen LogP) is 3.42. The summed E-state index contributed by atoms with van der Waals surface area (Å²) in [5.41, 5.74) is 0.249. The van der Waals surface area contributed by atoms with E-state index >= 15 is 0 Å². The third kappa shape index (κ3) is 1.68. The van der Waals surface area contributed by atoms with Gasteiger partial charge in [0.05, 0.1) is 0 Å². The van der Waals surface area contributed by atoms with Crippen LogP contribution in [0, 0.1) is 28.6 Å². The van der Waals surface area contributed by atoms with E-state index in [9.17, 15) is 9.59 Å². The van der Waals surface area contributed by atoms with Crippen LogP contribution in [0.2, 0.25) is 0 Å². The van der Waals surface area contributed by atoms with E-state index in [1.54, 1.807) is 0 Å². The van der Waals surface area contributed by atoms with Gasteiger partial charge in [-0.2, -0.15) is 0 Å². The molecule has 0 bridgehead atoms. The van der Waals surface area contributed by atoms with Crippen LogP contribution >= 0.6 is 0 Å². The summed E-state index contributed by atoms with van der Waals surface area (Å²) in [6, 6.07) is 0.427. The number of fused-ring (bicyclic) bond motifs is 5. The SMILES string of the molecule is CN1C(=O)CC[C@]2(C)C3CC[C@]4(C)C(=O)CC[C@H]4C3CC[C@@H]12. The largest absolute Gasteiger partial charge is 0.342 e. The fourth-order valence-electron chi connectivity index (χ4n) is 6.92. The Balaban J connectivity index is 1.67. The fraction of sp³-hybridized carbons (Fsp3) is 0.895. The van der Waals surface area contributed by atoms with Crippen molar-refractivity contribution < 1.29 is 9.59 Å². The van der Waals surface area contributed by atoms with E-state index in [1.807, 2.05) is 11.9 Å². The van der Waals surface area contributed by atoms with E-state index in [2.05, 4.69) is 13.8 Å². The number of amides is 1. The van der Waals surface area contributed by atoms with Crippen LogP contribution < -0.4 is 0 Å². The first-order valence-corrected chi connectivity index (χ1v) is 9.17. The maximum absolute atomic E-state index is 12.4. The van der Waals surface area contributed by atoms with E-state index in [0.717, 1.165) is 32.1 Å². The van der Waals surface area contributed by atoms with Crippen molar-refractivity contribution in [2.24, 2.45) is 28.6 Å². The fourth-order valence-corrected chi connectivity index (χ4v) is 6.92. The highest BCUT2D eigenvalue weighted by Crippen LogP contribution is 2.63. The van der Waals surface area contributed by atoms with Crippen LogP contribution in [0.5, 0.6) is 0 Å². The van der Waals surface area contributed by atoms with Gasteiger partial charge in [0.2, 0.25) is 5.91 Å².